The Bertz CT molecular complexity index is 111. The zero-order valence-electron chi connectivity index (χ0n) is 7.60. The first-order valence-electron chi connectivity index (χ1n) is 4.54. The van der Waals surface area contributed by atoms with Gasteiger partial charge in [-0.1, -0.05) is 19.3 Å². The number of thioether (sulfide) groups is 1. The van der Waals surface area contributed by atoms with Crippen LogP contribution in [0.3, 0.4) is 0 Å². The molecule has 0 saturated heterocycles. The first kappa shape index (κ1) is 9.40. The van der Waals surface area contributed by atoms with Crippen molar-refractivity contribution < 1.29 is 0 Å². The lowest BCUT2D eigenvalue weighted by molar-refractivity contribution is 0.512. The molecule has 66 valence electrons. The van der Waals surface area contributed by atoms with E-state index in [1.165, 1.54) is 32.1 Å². The van der Waals surface area contributed by atoms with Gasteiger partial charge in [-0.05, 0) is 26.7 Å². The number of rotatable bonds is 2. The predicted molar refractivity (Wildman–Crippen MR) is 52.7 cm³/mol. The SMILES string of the molecule is CC(C)(N)SC1CCCCC1. The van der Waals surface area contributed by atoms with Crippen LogP contribution in [-0.2, 0) is 0 Å². The zero-order chi connectivity index (χ0) is 8.32. The van der Waals surface area contributed by atoms with Gasteiger partial charge in [0.25, 0.3) is 0 Å². The molecule has 1 fully saturated rings. The van der Waals surface area contributed by atoms with Gasteiger partial charge in [-0.15, -0.1) is 11.8 Å². The molecule has 2 N–H and O–H groups in total. The van der Waals surface area contributed by atoms with E-state index in [2.05, 4.69) is 13.8 Å². The largest absolute Gasteiger partial charge is 0.317 e. The molecule has 0 heterocycles. The van der Waals surface area contributed by atoms with Gasteiger partial charge in [-0.3, -0.25) is 0 Å². The van der Waals surface area contributed by atoms with Crippen LogP contribution in [0.1, 0.15) is 46.0 Å². The summed E-state index contributed by atoms with van der Waals surface area (Å²) in [6.07, 6.45) is 7.01. The summed E-state index contributed by atoms with van der Waals surface area (Å²) in [5.74, 6) is 0. The minimum atomic E-state index is -0.0258. The Labute approximate surface area is 74.1 Å². The molecule has 0 aliphatic heterocycles. The third-order valence-corrected chi connectivity index (χ3v) is 3.43. The molecule has 11 heavy (non-hydrogen) atoms. The summed E-state index contributed by atoms with van der Waals surface area (Å²) in [5.41, 5.74) is 5.93. The van der Waals surface area contributed by atoms with Crippen LogP contribution in [0.15, 0.2) is 0 Å². The molecular weight excluding hydrogens is 154 g/mol. The van der Waals surface area contributed by atoms with E-state index in [-0.39, 0.29) is 4.87 Å². The van der Waals surface area contributed by atoms with Crippen LogP contribution in [0.25, 0.3) is 0 Å². The van der Waals surface area contributed by atoms with Crippen LogP contribution < -0.4 is 5.73 Å². The topological polar surface area (TPSA) is 26.0 Å². The molecule has 1 saturated carbocycles. The summed E-state index contributed by atoms with van der Waals surface area (Å²) in [5, 5.41) is 0.837. The number of nitrogens with two attached hydrogens (primary N) is 1. The van der Waals surface area contributed by atoms with Gasteiger partial charge in [0.2, 0.25) is 0 Å². The van der Waals surface area contributed by atoms with Gasteiger partial charge in [0, 0.05) is 5.25 Å². The Morgan fingerprint density at radius 2 is 1.73 bits per heavy atom. The van der Waals surface area contributed by atoms with Crippen LogP contribution >= 0.6 is 11.8 Å². The van der Waals surface area contributed by atoms with Gasteiger partial charge in [0.1, 0.15) is 0 Å². The fourth-order valence-electron chi connectivity index (χ4n) is 1.61. The van der Waals surface area contributed by atoms with Crippen LogP contribution in [0.4, 0.5) is 0 Å². The quantitative estimate of drug-likeness (QED) is 0.650. The van der Waals surface area contributed by atoms with E-state index >= 15 is 0 Å². The highest BCUT2D eigenvalue weighted by Crippen LogP contribution is 2.33. The first-order chi connectivity index (χ1) is 5.08. The minimum Gasteiger partial charge on any atom is -0.317 e. The molecule has 0 radical (unpaired) electrons. The third kappa shape index (κ3) is 4.02. The Morgan fingerprint density at radius 1 is 1.18 bits per heavy atom. The van der Waals surface area contributed by atoms with Crippen molar-refractivity contribution in [1.82, 2.24) is 0 Å². The van der Waals surface area contributed by atoms with Crippen molar-refractivity contribution >= 4 is 11.8 Å². The number of hydrogen-bond acceptors (Lipinski definition) is 2. The van der Waals surface area contributed by atoms with Gasteiger partial charge in [0.05, 0.1) is 4.87 Å². The molecule has 0 spiro atoms. The molecule has 0 aromatic heterocycles. The fourth-order valence-corrected chi connectivity index (χ4v) is 3.04. The van der Waals surface area contributed by atoms with Crippen molar-refractivity contribution in [3.05, 3.63) is 0 Å². The van der Waals surface area contributed by atoms with Crippen molar-refractivity contribution in [2.75, 3.05) is 0 Å². The van der Waals surface area contributed by atoms with Gasteiger partial charge in [0.15, 0.2) is 0 Å². The van der Waals surface area contributed by atoms with Crippen molar-refractivity contribution in [2.24, 2.45) is 5.73 Å². The van der Waals surface area contributed by atoms with E-state index in [4.69, 9.17) is 5.73 Å². The average Bonchev–Trinajstić information content (AvgIpc) is 1.85. The zero-order valence-corrected chi connectivity index (χ0v) is 8.41. The predicted octanol–water partition coefficient (Wildman–Crippen LogP) is 2.75. The van der Waals surface area contributed by atoms with Crippen LogP contribution in [0, 0.1) is 0 Å². The molecule has 1 rings (SSSR count). The van der Waals surface area contributed by atoms with Crippen LogP contribution in [-0.4, -0.2) is 10.1 Å². The third-order valence-electron chi connectivity index (χ3n) is 2.02. The van der Waals surface area contributed by atoms with Crippen LogP contribution in [0.2, 0.25) is 0 Å². The molecule has 2 heteroatoms. The van der Waals surface area contributed by atoms with Crippen LogP contribution in [0.5, 0.6) is 0 Å². The maximum atomic E-state index is 5.93. The summed E-state index contributed by atoms with van der Waals surface area (Å²) in [6, 6.07) is 0. The summed E-state index contributed by atoms with van der Waals surface area (Å²) in [7, 11) is 0. The average molecular weight is 173 g/mol. The molecule has 1 aliphatic carbocycles. The van der Waals surface area contributed by atoms with Crippen molar-refractivity contribution in [2.45, 2.75) is 56.1 Å². The Hall–Kier alpha value is 0.310. The first-order valence-corrected chi connectivity index (χ1v) is 5.42. The second-order valence-corrected chi connectivity index (χ2v) is 5.94. The summed E-state index contributed by atoms with van der Waals surface area (Å²) < 4.78 is 0. The van der Waals surface area contributed by atoms with E-state index in [0.717, 1.165) is 5.25 Å². The Morgan fingerprint density at radius 3 is 2.18 bits per heavy atom. The summed E-state index contributed by atoms with van der Waals surface area (Å²) in [6.45, 7) is 4.21. The van der Waals surface area contributed by atoms with Gasteiger partial charge >= 0.3 is 0 Å². The molecule has 0 bridgehead atoms. The maximum absolute atomic E-state index is 5.93. The molecule has 1 nitrogen and oxygen atoms in total. The minimum absolute atomic E-state index is 0.0258. The van der Waals surface area contributed by atoms with Gasteiger partial charge in [-0.25, -0.2) is 0 Å². The van der Waals surface area contributed by atoms with Crippen molar-refractivity contribution in [1.29, 1.82) is 0 Å². The van der Waals surface area contributed by atoms with Gasteiger partial charge < -0.3 is 5.73 Å². The monoisotopic (exact) mass is 173 g/mol. The number of hydrogen-bond donors (Lipinski definition) is 1. The molecule has 0 atom stereocenters. The van der Waals surface area contributed by atoms with E-state index in [0.29, 0.717) is 0 Å². The Kier molecular flexibility index (Phi) is 3.26. The standard InChI is InChI=1S/C9H19NS/c1-9(2,10)11-8-6-4-3-5-7-8/h8H,3-7,10H2,1-2H3. The highest BCUT2D eigenvalue weighted by atomic mass is 32.2. The lowest BCUT2D eigenvalue weighted by Gasteiger charge is -2.28. The smallest absolute Gasteiger partial charge is 0.0566 e. The van der Waals surface area contributed by atoms with E-state index < -0.39 is 0 Å². The van der Waals surface area contributed by atoms with E-state index in [9.17, 15) is 0 Å². The van der Waals surface area contributed by atoms with E-state index in [1.807, 2.05) is 11.8 Å². The molecule has 0 unspecified atom stereocenters. The molecule has 0 amide bonds. The molecular formula is C9H19NS. The highest BCUT2D eigenvalue weighted by molar-refractivity contribution is 8.01. The van der Waals surface area contributed by atoms with Crippen molar-refractivity contribution in [3.8, 4) is 0 Å². The van der Waals surface area contributed by atoms with Crippen molar-refractivity contribution in [3.63, 3.8) is 0 Å². The molecule has 0 aromatic carbocycles. The Balaban J connectivity index is 2.24. The molecule has 1 aliphatic rings. The maximum Gasteiger partial charge on any atom is 0.0566 e. The normalized spacial score (nSPS) is 22.1. The van der Waals surface area contributed by atoms with E-state index in [1.54, 1.807) is 0 Å². The van der Waals surface area contributed by atoms with Gasteiger partial charge in [-0.2, -0.15) is 0 Å². The second kappa shape index (κ2) is 3.81. The summed E-state index contributed by atoms with van der Waals surface area (Å²) in [4.78, 5) is -0.0258. The fraction of sp³-hybridized carbons (Fsp3) is 1.00. The summed E-state index contributed by atoms with van der Waals surface area (Å²) >= 11 is 1.96. The lowest BCUT2D eigenvalue weighted by atomic mass is 10.0. The second-order valence-electron chi connectivity index (χ2n) is 3.98. The molecule has 0 aromatic rings. The highest BCUT2D eigenvalue weighted by Gasteiger charge is 2.20. The lowest BCUT2D eigenvalue weighted by Crippen LogP contribution is -2.30.